The molecule has 0 atom stereocenters. The van der Waals surface area contributed by atoms with E-state index in [2.05, 4.69) is 26.6 Å². The van der Waals surface area contributed by atoms with Crippen molar-refractivity contribution < 1.29 is 28.7 Å². The second-order valence-electron chi connectivity index (χ2n) is 8.53. The van der Waals surface area contributed by atoms with Crippen molar-refractivity contribution in [1.29, 1.82) is 0 Å². The van der Waals surface area contributed by atoms with Gasteiger partial charge in [-0.25, -0.2) is 9.69 Å². The Morgan fingerprint density at radius 3 is 2.34 bits per heavy atom. The van der Waals surface area contributed by atoms with Crippen molar-refractivity contribution in [2.75, 3.05) is 23.9 Å². The van der Waals surface area contributed by atoms with E-state index in [1.807, 2.05) is 26.0 Å². The van der Waals surface area contributed by atoms with E-state index in [4.69, 9.17) is 9.47 Å². The third-order valence-corrected chi connectivity index (χ3v) is 6.25. The first-order valence-electron chi connectivity index (χ1n) is 11.5. The van der Waals surface area contributed by atoms with Crippen molar-refractivity contribution in [1.82, 2.24) is 5.32 Å². The fourth-order valence-corrected chi connectivity index (χ4v) is 4.36. The van der Waals surface area contributed by atoms with Crippen molar-refractivity contribution in [3.05, 3.63) is 87.4 Å². The molecule has 5 amide bonds. The van der Waals surface area contributed by atoms with Crippen LogP contribution in [0.3, 0.4) is 0 Å². The number of urea groups is 1. The number of hydrogen-bond acceptors (Lipinski definition) is 6. The maximum atomic E-state index is 13.3. The molecule has 9 nitrogen and oxygen atoms in total. The van der Waals surface area contributed by atoms with Crippen LogP contribution in [0.4, 0.5) is 16.2 Å². The van der Waals surface area contributed by atoms with Crippen LogP contribution in [0.5, 0.6) is 11.5 Å². The molecule has 0 saturated carbocycles. The molecule has 194 valence electrons. The molecule has 0 radical (unpaired) electrons. The monoisotopic (exact) mass is 577 g/mol. The lowest BCUT2D eigenvalue weighted by Gasteiger charge is -2.27. The summed E-state index contributed by atoms with van der Waals surface area (Å²) in [6.45, 7) is 3.43. The number of para-hydroxylation sites is 1. The molecular weight excluding hydrogens is 554 g/mol. The summed E-state index contributed by atoms with van der Waals surface area (Å²) >= 11 is 3.42. The van der Waals surface area contributed by atoms with Crippen LogP contribution in [0.1, 0.15) is 16.7 Å². The standard InChI is InChI=1S/C28H24BrN3O6/c1-16-9-17(2)11-20(10-16)32-27(35)21(26(34)31-28(32)36)12-18-13-23(37-3)24(14-22(18)29)38-15-25(33)30-19-7-5-4-6-8-19/h4-14H,15H2,1-3H3,(H,30,33)(H,31,34,36)/b21-12+. The number of ether oxygens (including phenoxy) is 2. The van der Waals surface area contributed by atoms with Crippen LogP contribution in [-0.4, -0.2) is 37.5 Å². The first-order valence-corrected chi connectivity index (χ1v) is 12.3. The average Bonchev–Trinajstić information content (AvgIpc) is 2.86. The summed E-state index contributed by atoms with van der Waals surface area (Å²) in [4.78, 5) is 51.7. The van der Waals surface area contributed by atoms with E-state index >= 15 is 0 Å². The fraction of sp³-hybridized carbons (Fsp3) is 0.143. The van der Waals surface area contributed by atoms with Crippen LogP contribution in [0.25, 0.3) is 6.08 Å². The average molecular weight is 578 g/mol. The van der Waals surface area contributed by atoms with Gasteiger partial charge in [0.2, 0.25) is 0 Å². The van der Waals surface area contributed by atoms with Crippen molar-refractivity contribution >= 4 is 57.1 Å². The van der Waals surface area contributed by atoms with Crippen molar-refractivity contribution in [3.63, 3.8) is 0 Å². The second kappa shape index (κ2) is 11.3. The van der Waals surface area contributed by atoms with Crippen LogP contribution < -0.4 is 25.0 Å². The fourth-order valence-electron chi connectivity index (χ4n) is 3.92. The van der Waals surface area contributed by atoms with E-state index in [1.54, 1.807) is 48.5 Å². The molecule has 2 N–H and O–H groups in total. The second-order valence-corrected chi connectivity index (χ2v) is 9.39. The molecule has 0 spiro atoms. The molecule has 1 aliphatic rings. The van der Waals surface area contributed by atoms with Crippen LogP contribution in [-0.2, 0) is 14.4 Å². The van der Waals surface area contributed by atoms with Gasteiger partial charge in [-0.1, -0.05) is 40.2 Å². The summed E-state index contributed by atoms with van der Waals surface area (Å²) in [5.74, 6) is -1.38. The predicted molar refractivity (Wildman–Crippen MR) is 146 cm³/mol. The van der Waals surface area contributed by atoms with Gasteiger partial charge in [0.25, 0.3) is 17.7 Å². The maximum absolute atomic E-state index is 13.3. The summed E-state index contributed by atoms with van der Waals surface area (Å²) in [6, 6.07) is 16.6. The molecule has 38 heavy (non-hydrogen) atoms. The SMILES string of the molecule is COc1cc(/C=C2\C(=O)NC(=O)N(c3cc(C)cc(C)c3)C2=O)c(Br)cc1OCC(=O)Nc1ccccc1. The highest BCUT2D eigenvalue weighted by molar-refractivity contribution is 9.10. The predicted octanol–water partition coefficient (Wildman–Crippen LogP) is 4.76. The number of carbonyl (C=O) groups is 4. The van der Waals surface area contributed by atoms with Gasteiger partial charge in [-0.2, -0.15) is 0 Å². The van der Waals surface area contributed by atoms with Crippen molar-refractivity contribution in [2.24, 2.45) is 0 Å². The molecule has 0 aliphatic carbocycles. The minimum absolute atomic E-state index is 0.234. The molecule has 1 fully saturated rings. The number of nitrogens with one attached hydrogen (secondary N) is 2. The zero-order chi connectivity index (χ0) is 27.4. The van der Waals surface area contributed by atoms with Gasteiger partial charge < -0.3 is 14.8 Å². The van der Waals surface area contributed by atoms with Gasteiger partial charge in [-0.3, -0.25) is 19.7 Å². The summed E-state index contributed by atoms with van der Waals surface area (Å²) in [6.07, 6.45) is 1.36. The lowest BCUT2D eigenvalue weighted by molar-refractivity contribution is -0.122. The molecule has 1 aliphatic heterocycles. The number of benzene rings is 3. The maximum Gasteiger partial charge on any atom is 0.335 e. The molecule has 0 unspecified atom stereocenters. The van der Waals surface area contributed by atoms with Gasteiger partial charge in [0.15, 0.2) is 18.1 Å². The highest BCUT2D eigenvalue weighted by Crippen LogP contribution is 2.35. The van der Waals surface area contributed by atoms with E-state index in [9.17, 15) is 19.2 Å². The van der Waals surface area contributed by atoms with Gasteiger partial charge in [-0.05, 0) is 73.0 Å². The van der Waals surface area contributed by atoms with Crippen molar-refractivity contribution in [2.45, 2.75) is 13.8 Å². The van der Waals surface area contributed by atoms with E-state index < -0.39 is 17.8 Å². The molecule has 4 rings (SSSR count). The van der Waals surface area contributed by atoms with Crippen molar-refractivity contribution in [3.8, 4) is 11.5 Å². The Kier molecular flexibility index (Phi) is 7.92. The van der Waals surface area contributed by atoms with Crippen LogP contribution >= 0.6 is 15.9 Å². The molecule has 0 bridgehead atoms. The first kappa shape index (κ1) is 26.6. The minimum atomic E-state index is -0.823. The molecule has 10 heteroatoms. The molecule has 3 aromatic carbocycles. The van der Waals surface area contributed by atoms with Crippen LogP contribution in [0.2, 0.25) is 0 Å². The summed E-state index contributed by atoms with van der Waals surface area (Å²) in [5.41, 5.74) is 2.92. The van der Waals surface area contributed by atoms with Gasteiger partial charge in [0.1, 0.15) is 5.57 Å². The summed E-state index contributed by atoms with van der Waals surface area (Å²) in [7, 11) is 1.43. The number of nitrogens with zero attached hydrogens (tertiary/aromatic N) is 1. The van der Waals surface area contributed by atoms with Crippen LogP contribution in [0.15, 0.2) is 70.7 Å². The molecule has 1 heterocycles. The number of anilines is 2. The quantitative estimate of drug-likeness (QED) is 0.309. The number of halogens is 1. The van der Waals surface area contributed by atoms with E-state index in [1.165, 1.54) is 13.2 Å². The number of rotatable bonds is 7. The highest BCUT2D eigenvalue weighted by atomic mass is 79.9. The normalized spacial score (nSPS) is 14.4. The van der Waals surface area contributed by atoms with Gasteiger partial charge in [0, 0.05) is 10.2 Å². The van der Waals surface area contributed by atoms with E-state index in [-0.39, 0.29) is 29.6 Å². The number of amides is 5. The number of hydrogen-bond donors (Lipinski definition) is 2. The Morgan fingerprint density at radius 2 is 1.68 bits per heavy atom. The third kappa shape index (κ3) is 5.92. The number of carbonyl (C=O) groups excluding carboxylic acids is 4. The summed E-state index contributed by atoms with van der Waals surface area (Å²) < 4.78 is 11.5. The Balaban J connectivity index is 1.58. The van der Waals surface area contributed by atoms with E-state index in [0.29, 0.717) is 21.4 Å². The topological polar surface area (TPSA) is 114 Å². The van der Waals surface area contributed by atoms with Gasteiger partial charge in [0.05, 0.1) is 12.8 Å². The molecular formula is C28H24BrN3O6. The molecule has 1 saturated heterocycles. The Labute approximate surface area is 227 Å². The van der Waals surface area contributed by atoms with Gasteiger partial charge >= 0.3 is 6.03 Å². The molecule has 3 aromatic rings. The largest absolute Gasteiger partial charge is 0.493 e. The zero-order valence-electron chi connectivity index (χ0n) is 20.8. The number of barbiturate groups is 1. The van der Waals surface area contributed by atoms with Crippen LogP contribution in [0, 0.1) is 13.8 Å². The molecule has 0 aromatic heterocycles. The van der Waals surface area contributed by atoms with Gasteiger partial charge in [-0.15, -0.1) is 0 Å². The lowest BCUT2D eigenvalue weighted by Crippen LogP contribution is -2.54. The Morgan fingerprint density at radius 1 is 1.00 bits per heavy atom. The Bertz CT molecular complexity index is 1450. The number of methoxy groups -OCH3 is 1. The number of aryl methyl sites for hydroxylation is 2. The Hall–Kier alpha value is -4.44. The number of imide groups is 2. The summed E-state index contributed by atoms with van der Waals surface area (Å²) in [5, 5.41) is 4.95. The zero-order valence-corrected chi connectivity index (χ0v) is 22.4. The van der Waals surface area contributed by atoms with E-state index in [0.717, 1.165) is 16.0 Å². The third-order valence-electron chi connectivity index (χ3n) is 5.57. The first-order chi connectivity index (χ1) is 18.2. The minimum Gasteiger partial charge on any atom is -0.493 e. The highest BCUT2D eigenvalue weighted by Gasteiger charge is 2.37. The lowest BCUT2D eigenvalue weighted by atomic mass is 10.0. The smallest absolute Gasteiger partial charge is 0.335 e.